The fourth-order valence-electron chi connectivity index (χ4n) is 4.29. The normalized spacial score (nSPS) is 12.7. The number of fused-ring (bicyclic) bond motifs is 1. The van der Waals surface area contributed by atoms with Crippen molar-refractivity contribution >= 4 is 61.8 Å². The van der Waals surface area contributed by atoms with Crippen molar-refractivity contribution in [1.29, 1.82) is 5.26 Å². The predicted octanol–water partition coefficient (Wildman–Crippen LogP) is 7.35. The highest BCUT2D eigenvalue weighted by Crippen LogP contribution is 2.40. The molecule has 0 radical (unpaired) electrons. The molecule has 3 aromatic rings. The van der Waals surface area contributed by atoms with Crippen LogP contribution < -0.4 is 14.8 Å². The van der Waals surface area contributed by atoms with E-state index in [9.17, 15) is 14.9 Å². The first kappa shape index (κ1) is 28.7. The van der Waals surface area contributed by atoms with E-state index in [1.807, 2.05) is 24.3 Å². The van der Waals surface area contributed by atoms with Crippen LogP contribution in [0.3, 0.4) is 0 Å². The Kier molecular flexibility index (Phi) is 9.68. The molecule has 1 amide bonds. The van der Waals surface area contributed by atoms with E-state index in [0.717, 1.165) is 41.7 Å². The van der Waals surface area contributed by atoms with Crippen LogP contribution in [0.1, 0.15) is 51.7 Å². The van der Waals surface area contributed by atoms with Crippen LogP contribution in [-0.4, -0.2) is 25.6 Å². The molecule has 1 heterocycles. The minimum absolute atomic E-state index is 0.130. The molecule has 0 aliphatic heterocycles. The molecular weight excluding hydrogens is 604 g/mol. The van der Waals surface area contributed by atoms with Crippen LogP contribution in [0, 0.1) is 11.3 Å². The minimum atomic E-state index is -0.615. The van der Waals surface area contributed by atoms with Gasteiger partial charge in [0, 0.05) is 15.5 Å². The van der Waals surface area contributed by atoms with E-state index in [-0.39, 0.29) is 18.8 Å². The summed E-state index contributed by atoms with van der Waals surface area (Å²) in [5.74, 6) is -0.205. The minimum Gasteiger partial charge on any atom is -0.493 e. The van der Waals surface area contributed by atoms with Gasteiger partial charge >= 0.3 is 5.97 Å². The lowest BCUT2D eigenvalue weighted by Crippen LogP contribution is -2.16. The van der Waals surface area contributed by atoms with Crippen LogP contribution in [0.4, 0.5) is 5.00 Å². The SMILES string of the molecule is CCOC(=O)c1c(NC(=O)/C(C#N)=C/c2cc(Br)c(OCc3ccccc3Cl)c(OC)c2)sc2c1CCCC2. The van der Waals surface area contributed by atoms with Gasteiger partial charge in [0.15, 0.2) is 11.5 Å². The second kappa shape index (κ2) is 13.2. The van der Waals surface area contributed by atoms with E-state index in [1.165, 1.54) is 24.5 Å². The average molecular weight is 630 g/mol. The van der Waals surface area contributed by atoms with Gasteiger partial charge in [0.25, 0.3) is 5.91 Å². The molecule has 0 saturated heterocycles. The average Bonchev–Trinajstić information content (AvgIpc) is 3.29. The molecule has 1 aliphatic carbocycles. The van der Waals surface area contributed by atoms with Crippen LogP contribution in [0.15, 0.2) is 46.4 Å². The summed E-state index contributed by atoms with van der Waals surface area (Å²) in [6.45, 7) is 2.20. The second-order valence-corrected chi connectivity index (χ2v) is 11.0. The lowest BCUT2D eigenvalue weighted by molar-refractivity contribution is -0.112. The largest absolute Gasteiger partial charge is 0.493 e. The molecule has 1 aliphatic rings. The molecule has 7 nitrogen and oxygen atoms in total. The zero-order chi connectivity index (χ0) is 27.9. The summed E-state index contributed by atoms with van der Waals surface area (Å²) in [6, 6.07) is 12.7. The molecule has 202 valence electrons. The first-order valence-corrected chi connectivity index (χ1v) is 14.3. The molecule has 39 heavy (non-hydrogen) atoms. The van der Waals surface area contributed by atoms with Crippen LogP contribution in [0.25, 0.3) is 6.08 Å². The van der Waals surface area contributed by atoms with Gasteiger partial charge in [-0.05, 0) is 83.9 Å². The van der Waals surface area contributed by atoms with Crippen molar-refractivity contribution in [2.24, 2.45) is 0 Å². The fourth-order valence-corrected chi connectivity index (χ4v) is 6.32. The Balaban J connectivity index is 1.58. The van der Waals surface area contributed by atoms with Crippen molar-refractivity contribution < 1.29 is 23.8 Å². The Labute approximate surface area is 244 Å². The maximum Gasteiger partial charge on any atom is 0.341 e. The predicted molar refractivity (Wildman–Crippen MR) is 156 cm³/mol. The lowest BCUT2D eigenvalue weighted by atomic mass is 9.95. The van der Waals surface area contributed by atoms with E-state index in [0.29, 0.717) is 37.1 Å². The zero-order valence-electron chi connectivity index (χ0n) is 21.4. The summed E-state index contributed by atoms with van der Waals surface area (Å²) < 4.78 is 17.3. The summed E-state index contributed by atoms with van der Waals surface area (Å²) in [5, 5.41) is 13.6. The van der Waals surface area contributed by atoms with Gasteiger partial charge in [-0.1, -0.05) is 29.8 Å². The third kappa shape index (κ3) is 6.64. The number of rotatable bonds is 9. The number of hydrogen-bond acceptors (Lipinski definition) is 7. The maximum atomic E-state index is 13.2. The summed E-state index contributed by atoms with van der Waals surface area (Å²) in [6.07, 6.45) is 5.07. The first-order chi connectivity index (χ1) is 18.9. The number of aryl methyl sites for hydroxylation is 1. The Morgan fingerprint density at radius 2 is 2.00 bits per heavy atom. The third-order valence-electron chi connectivity index (χ3n) is 6.14. The number of thiophene rings is 1. The van der Waals surface area contributed by atoms with Crippen molar-refractivity contribution in [1.82, 2.24) is 0 Å². The number of hydrogen-bond donors (Lipinski definition) is 1. The van der Waals surface area contributed by atoms with Crippen molar-refractivity contribution in [2.75, 3.05) is 19.0 Å². The molecule has 1 N–H and O–H groups in total. The van der Waals surface area contributed by atoms with Crippen molar-refractivity contribution in [3.8, 4) is 17.6 Å². The van der Waals surface area contributed by atoms with E-state index >= 15 is 0 Å². The number of ether oxygens (including phenoxy) is 3. The summed E-state index contributed by atoms with van der Waals surface area (Å²) in [7, 11) is 1.50. The summed E-state index contributed by atoms with van der Waals surface area (Å²) in [4.78, 5) is 27.0. The quantitative estimate of drug-likeness (QED) is 0.151. The van der Waals surface area contributed by atoms with Crippen LogP contribution in [0.5, 0.6) is 11.5 Å². The first-order valence-electron chi connectivity index (χ1n) is 12.3. The van der Waals surface area contributed by atoms with Crippen LogP contribution in [-0.2, 0) is 29.0 Å². The smallest absolute Gasteiger partial charge is 0.341 e. The van der Waals surface area contributed by atoms with Gasteiger partial charge in [-0.2, -0.15) is 5.26 Å². The van der Waals surface area contributed by atoms with Crippen molar-refractivity contribution in [3.63, 3.8) is 0 Å². The Hall–Kier alpha value is -3.32. The molecule has 4 rings (SSSR count). The van der Waals surface area contributed by atoms with Gasteiger partial charge in [0.2, 0.25) is 0 Å². The van der Waals surface area contributed by atoms with Gasteiger partial charge in [-0.15, -0.1) is 11.3 Å². The number of methoxy groups -OCH3 is 1. The van der Waals surface area contributed by atoms with E-state index in [1.54, 1.807) is 25.1 Å². The molecule has 1 aromatic heterocycles. The zero-order valence-corrected chi connectivity index (χ0v) is 24.6. The highest BCUT2D eigenvalue weighted by Gasteiger charge is 2.28. The molecule has 0 unspecified atom stereocenters. The standard InChI is InChI=1S/C29H26BrClN2O5S/c1-3-37-29(35)25-20-9-5-7-11-24(20)39-28(25)33-27(34)19(15-32)12-17-13-21(30)26(23(14-17)36-2)38-16-18-8-4-6-10-22(18)31/h4,6,8,10,12-14H,3,5,7,9,11,16H2,1-2H3,(H,33,34)/b19-12+. The third-order valence-corrected chi connectivity index (χ3v) is 8.30. The maximum absolute atomic E-state index is 13.2. The highest BCUT2D eigenvalue weighted by molar-refractivity contribution is 9.10. The summed E-state index contributed by atoms with van der Waals surface area (Å²) in [5.41, 5.74) is 2.56. The Bertz CT molecular complexity index is 1480. The van der Waals surface area contributed by atoms with Gasteiger partial charge in [-0.25, -0.2) is 4.79 Å². The van der Waals surface area contributed by atoms with Gasteiger partial charge in [0.1, 0.15) is 23.3 Å². The summed E-state index contributed by atoms with van der Waals surface area (Å²) >= 11 is 11.1. The fraction of sp³-hybridized carbons (Fsp3) is 0.276. The Morgan fingerprint density at radius 1 is 1.23 bits per heavy atom. The monoisotopic (exact) mass is 628 g/mol. The molecule has 2 aromatic carbocycles. The second-order valence-electron chi connectivity index (χ2n) is 8.67. The molecule has 0 atom stereocenters. The molecule has 0 fully saturated rings. The van der Waals surface area contributed by atoms with E-state index in [2.05, 4.69) is 21.2 Å². The number of nitrogens with zero attached hydrogens (tertiary/aromatic N) is 1. The molecular formula is C29H26BrClN2O5S. The van der Waals surface area contributed by atoms with E-state index in [4.69, 9.17) is 25.8 Å². The number of benzene rings is 2. The highest BCUT2D eigenvalue weighted by atomic mass is 79.9. The van der Waals surface area contributed by atoms with E-state index < -0.39 is 11.9 Å². The van der Waals surface area contributed by atoms with Crippen molar-refractivity contribution in [2.45, 2.75) is 39.2 Å². The van der Waals surface area contributed by atoms with Gasteiger partial charge < -0.3 is 19.5 Å². The van der Waals surface area contributed by atoms with Crippen LogP contribution in [0.2, 0.25) is 5.02 Å². The topological polar surface area (TPSA) is 97.7 Å². The Morgan fingerprint density at radius 3 is 2.72 bits per heavy atom. The van der Waals surface area contributed by atoms with Gasteiger partial charge in [-0.3, -0.25) is 4.79 Å². The number of carbonyl (C=O) groups excluding carboxylic acids is 2. The number of anilines is 1. The number of halogens is 2. The number of nitrogens with one attached hydrogen (secondary N) is 1. The molecule has 0 bridgehead atoms. The lowest BCUT2D eigenvalue weighted by Gasteiger charge is -2.14. The number of carbonyl (C=O) groups is 2. The molecule has 0 saturated carbocycles. The molecule has 0 spiro atoms. The number of esters is 1. The van der Waals surface area contributed by atoms with Crippen molar-refractivity contribution in [3.05, 3.63) is 78.6 Å². The number of amides is 1. The van der Waals surface area contributed by atoms with Crippen LogP contribution >= 0.6 is 38.9 Å². The number of nitriles is 1. The van der Waals surface area contributed by atoms with Gasteiger partial charge in [0.05, 0.1) is 23.8 Å². The molecule has 10 heteroatoms.